The third kappa shape index (κ3) is 2.43. The van der Waals surface area contributed by atoms with Crippen LogP contribution in [-0.2, 0) is 6.61 Å². The molecular formula is C17H14O3. The second-order valence-electron chi connectivity index (χ2n) is 4.64. The molecule has 0 saturated carbocycles. The van der Waals surface area contributed by atoms with E-state index in [0.29, 0.717) is 17.8 Å². The van der Waals surface area contributed by atoms with Crippen LogP contribution in [0.25, 0.3) is 11.0 Å². The number of ketones is 1. The zero-order chi connectivity index (χ0) is 13.9. The molecule has 0 N–H and O–H groups in total. The zero-order valence-electron chi connectivity index (χ0n) is 11.1. The molecule has 0 aliphatic rings. The Morgan fingerprint density at radius 1 is 1.15 bits per heavy atom. The summed E-state index contributed by atoms with van der Waals surface area (Å²) in [6.07, 6.45) is 1.49. The summed E-state index contributed by atoms with van der Waals surface area (Å²) in [7, 11) is 0. The van der Waals surface area contributed by atoms with E-state index in [-0.39, 0.29) is 5.78 Å². The van der Waals surface area contributed by atoms with E-state index in [0.717, 1.165) is 16.7 Å². The second-order valence-corrected chi connectivity index (χ2v) is 4.64. The van der Waals surface area contributed by atoms with Crippen LogP contribution in [0.1, 0.15) is 22.8 Å². The van der Waals surface area contributed by atoms with Crippen LogP contribution in [0.3, 0.4) is 0 Å². The number of ether oxygens (including phenoxy) is 1. The third-order valence-electron chi connectivity index (χ3n) is 3.17. The molecule has 0 spiro atoms. The highest BCUT2D eigenvalue weighted by atomic mass is 16.5. The van der Waals surface area contributed by atoms with E-state index in [4.69, 9.17) is 9.15 Å². The maximum atomic E-state index is 11.4. The molecule has 20 heavy (non-hydrogen) atoms. The van der Waals surface area contributed by atoms with Crippen LogP contribution in [0.5, 0.6) is 5.75 Å². The molecule has 2 aromatic carbocycles. The first-order valence-electron chi connectivity index (χ1n) is 6.43. The van der Waals surface area contributed by atoms with Crippen LogP contribution in [0.15, 0.2) is 59.2 Å². The minimum absolute atomic E-state index is 0.00158. The van der Waals surface area contributed by atoms with Gasteiger partial charge in [-0.15, -0.1) is 0 Å². The Morgan fingerprint density at radius 3 is 2.70 bits per heavy atom. The monoisotopic (exact) mass is 266 g/mol. The Bertz CT molecular complexity index is 741. The topological polar surface area (TPSA) is 39.4 Å². The highest BCUT2D eigenvalue weighted by Crippen LogP contribution is 2.26. The summed E-state index contributed by atoms with van der Waals surface area (Å²) in [5, 5.41) is 0.824. The number of carbonyl (C=O) groups excluding carboxylic acids is 1. The van der Waals surface area contributed by atoms with Crippen LogP contribution in [0.4, 0.5) is 0 Å². The maximum absolute atomic E-state index is 11.4. The summed E-state index contributed by atoms with van der Waals surface area (Å²) >= 11 is 0. The van der Waals surface area contributed by atoms with Crippen molar-refractivity contribution < 1.29 is 13.9 Å². The van der Waals surface area contributed by atoms with Gasteiger partial charge in [0.05, 0.1) is 5.56 Å². The van der Waals surface area contributed by atoms with Crippen LogP contribution < -0.4 is 4.74 Å². The molecule has 0 atom stereocenters. The van der Waals surface area contributed by atoms with Crippen molar-refractivity contribution >= 4 is 16.8 Å². The van der Waals surface area contributed by atoms with Crippen molar-refractivity contribution in [3.8, 4) is 5.75 Å². The third-order valence-corrected chi connectivity index (χ3v) is 3.17. The fraction of sp³-hybridized carbons (Fsp3) is 0.118. The standard InChI is InChI=1S/C17H14O3/c1-12(18)16-11-20-17-9-14(7-8-15(16)17)19-10-13-5-3-2-4-6-13/h2-9,11H,10H2,1H3. The summed E-state index contributed by atoms with van der Waals surface area (Å²) in [5.74, 6) is 0.729. The Hall–Kier alpha value is -2.55. The largest absolute Gasteiger partial charge is 0.489 e. The summed E-state index contributed by atoms with van der Waals surface area (Å²) in [5.41, 5.74) is 2.38. The predicted molar refractivity (Wildman–Crippen MR) is 77.0 cm³/mol. The highest BCUT2D eigenvalue weighted by Gasteiger charge is 2.10. The second kappa shape index (κ2) is 5.21. The Labute approximate surface area is 116 Å². The van der Waals surface area contributed by atoms with Crippen LogP contribution in [0.2, 0.25) is 0 Å². The number of rotatable bonds is 4. The predicted octanol–water partition coefficient (Wildman–Crippen LogP) is 4.21. The number of carbonyl (C=O) groups is 1. The lowest BCUT2D eigenvalue weighted by atomic mass is 10.1. The molecule has 3 aromatic rings. The molecule has 0 saturated heterocycles. The van der Waals surface area contributed by atoms with Gasteiger partial charge in [-0.2, -0.15) is 0 Å². The van der Waals surface area contributed by atoms with E-state index in [1.807, 2.05) is 48.5 Å². The van der Waals surface area contributed by atoms with Crippen molar-refractivity contribution in [2.45, 2.75) is 13.5 Å². The van der Waals surface area contributed by atoms with E-state index >= 15 is 0 Å². The number of benzene rings is 2. The van der Waals surface area contributed by atoms with Crippen molar-refractivity contribution in [2.24, 2.45) is 0 Å². The van der Waals surface area contributed by atoms with E-state index in [9.17, 15) is 4.79 Å². The molecule has 0 unspecified atom stereocenters. The van der Waals surface area contributed by atoms with Crippen molar-refractivity contribution in [1.82, 2.24) is 0 Å². The van der Waals surface area contributed by atoms with E-state index in [1.54, 1.807) is 0 Å². The SMILES string of the molecule is CC(=O)c1coc2cc(OCc3ccccc3)ccc12. The Kier molecular flexibility index (Phi) is 3.25. The number of Topliss-reactive ketones (excluding diaryl/α,β-unsaturated/α-hetero) is 1. The average molecular weight is 266 g/mol. The molecule has 0 aliphatic carbocycles. The molecule has 3 rings (SSSR count). The highest BCUT2D eigenvalue weighted by molar-refractivity contribution is 6.06. The van der Waals surface area contributed by atoms with Gasteiger partial charge in [-0.05, 0) is 24.6 Å². The molecule has 100 valence electrons. The van der Waals surface area contributed by atoms with Gasteiger partial charge in [-0.3, -0.25) is 4.79 Å². The van der Waals surface area contributed by atoms with Crippen molar-refractivity contribution in [3.63, 3.8) is 0 Å². The molecule has 0 radical (unpaired) electrons. The van der Waals surface area contributed by atoms with E-state index < -0.39 is 0 Å². The molecular weight excluding hydrogens is 252 g/mol. The summed E-state index contributed by atoms with van der Waals surface area (Å²) in [4.78, 5) is 11.4. The van der Waals surface area contributed by atoms with Gasteiger partial charge in [0.15, 0.2) is 5.78 Å². The lowest BCUT2D eigenvalue weighted by molar-refractivity contribution is 0.101. The Morgan fingerprint density at radius 2 is 1.95 bits per heavy atom. The van der Waals surface area contributed by atoms with E-state index in [2.05, 4.69) is 0 Å². The first kappa shape index (κ1) is 12.5. The molecule has 0 amide bonds. The van der Waals surface area contributed by atoms with Gasteiger partial charge in [0, 0.05) is 11.5 Å². The van der Waals surface area contributed by atoms with Gasteiger partial charge in [0.25, 0.3) is 0 Å². The fourth-order valence-corrected chi connectivity index (χ4v) is 2.11. The number of hydrogen-bond donors (Lipinski definition) is 0. The normalized spacial score (nSPS) is 10.7. The van der Waals surface area contributed by atoms with Gasteiger partial charge >= 0.3 is 0 Å². The van der Waals surface area contributed by atoms with Crippen LogP contribution in [0, 0.1) is 0 Å². The summed E-state index contributed by atoms with van der Waals surface area (Å²) in [6, 6.07) is 15.5. The van der Waals surface area contributed by atoms with Gasteiger partial charge in [0.2, 0.25) is 0 Å². The summed E-state index contributed by atoms with van der Waals surface area (Å²) in [6.45, 7) is 2.04. The van der Waals surface area contributed by atoms with Crippen LogP contribution >= 0.6 is 0 Å². The fourth-order valence-electron chi connectivity index (χ4n) is 2.11. The number of furan rings is 1. The number of hydrogen-bond acceptors (Lipinski definition) is 3. The van der Waals surface area contributed by atoms with Gasteiger partial charge in [0.1, 0.15) is 24.2 Å². The molecule has 0 fully saturated rings. The van der Waals surface area contributed by atoms with E-state index in [1.165, 1.54) is 13.2 Å². The minimum atomic E-state index is 0.00158. The van der Waals surface area contributed by atoms with Crippen molar-refractivity contribution in [1.29, 1.82) is 0 Å². The molecule has 3 nitrogen and oxygen atoms in total. The van der Waals surface area contributed by atoms with Crippen molar-refractivity contribution in [2.75, 3.05) is 0 Å². The summed E-state index contributed by atoms with van der Waals surface area (Å²) < 4.78 is 11.1. The smallest absolute Gasteiger partial charge is 0.163 e. The quantitative estimate of drug-likeness (QED) is 0.664. The van der Waals surface area contributed by atoms with Crippen LogP contribution in [-0.4, -0.2) is 5.78 Å². The lowest BCUT2D eigenvalue weighted by Gasteiger charge is -2.06. The zero-order valence-corrected chi connectivity index (χ0v) is 11.1. The molecule has 3 heteroatoms. The molecule has 0 aliphatic heterocycles. The molecule has 1 aromatic heterocycles. The van der Waals surface area contributed by atoms with Gasteiger partial charge in [-0.25, -0.2) is 0 Å². The minimum Gasteiger partial charge on any atom is -0.489 e. The average Bonchev–Trinajstić information content (AvgIpc) is 2.89. The molecule has 0 bridgehead atoms. The first-order chi connectivity index (χ1) is 9.74. The van der Waals surface area contributed by atoms with Gasteiger partial charge in [-0.1, -0.05) is 30.3 Å². The maximum Gasteiger partial charge on any atom is 0.163 e. The van der Waals surface area contributed by atoms with Crippen molar-refractivity contribution in [3.05, 3.63) is 65.9 Å². The number of fused-ring (bicyclic) bond motifs is 1. The first-order valence-corrected chi connectivity index (χ1v) is 6.43. The van der Waals surface area contributed by atoms with Gasteiger partial charge < -0.3 is 9.15 Å². The lowest BCUT2D eigenvalue weighted by Crippen LogP contribution is -1.94. The Balaban J connectivity index is 1.81. The molecule has 1 heterocycles.